The van der Waals surface area contributed by atoms with Crippen LogP contribution in [0.4, 0.5) is 0 Å². The monoisotopic (exact) mass is 229 g/mol. The molecular formula is C16H23N. The van der Waals surface area contributed by atoms with E-state index in [2.05, 4.69) is 61.2 Å². The van der Waals surface area contributed by atoms with Gasteiger partial charge in [-0.05, 0) is 30.7 Å². The number of aryl methyl sites for hydroxylation is 1. The van der Waals surface area contributed by atoms with Crippen molar-refractivity contribution in [3.8, 4) is 11.1 Å². The molecule has 0 saturated carbocycles. The predicted molar refractivity (Wildman–Crippen MR) is 78.1 cm³/mol. The van der Waals surface area contributed by atoms with E-state index in [1.54, 1.807) is 0 Å². The normalized spacial score (nSPS) is 8.29. The van der Waals surface area contributed by atoms with Crippen LogP contribution >= 0.6 is 0 Å². The molecule has 92 valence electrons. The Hall–Kier alpha value is -1.60. The number of nitrogens with two attached hydrogens (primary N) is 1. The van der Waals surface area contributed by atoms with Gasteiger partial charge in [0.15, 0.2) is 0 Å². The summed E-state index contributed by atoms with van der Waals surface area (Å²) in [4.78, 5) is 0. The predicted octanol–water partition coefficient (Wildman–Crippen LogP) is 4.26. The van der Waals surface area contributed by atoms with E-state index in [0.717, 1.165) is 0 Å². The highest BCUT2D eigenvalue weighted by molar-refractivity contribution is 5.66. The van der Waals surface area contributed by atoms with E-state index in [-0.39, 0.29) is 0 Å². The average molecular weight is 229 g/mol. The van der Waals surface area contributed by atoms with Gasteiger partial charge < -0.3 is 5.73 Å². The zero-order chi connectivity index (χ0) is 13.1. The van der Waals surface area contributed by atoms with Crippen molar-refractivity contribution in [2.24, 2.45) is 5.73 Å². The molecule has 2 aromatic carbocycles. The van der Waals surface area contributed by atoms with Crippen molar-refractivity contribution in [3.05, 3.63) is 60.2 Å². The van der Waals surface area contributed by atoms with Crippen LogP contribution in [-0.4, -0.2) is 7.05 Å². The summed E-state index contributed by atoms with van der Waals surface area (Å²) in [5, 5.41) is 0. The molecule has 2 aromatic rings. The minimum atomic E-state index is 1.29. The maximum atomic E-state index is 4.50. The van der Waals surface area contributed by atoms with Crippen LogP contribution in [0.15, 0.2) is 54.6 Å². The summed E-state index contributed by atoms with van der Waals surface area (Å²) in [6.45, 7) is 6.14. The second-order valence-electron chi connectivity index (χ2n) is 3.18. The lowest BCUT2D eigenvalue weighted by molar-refractivity contribution is 1.46. The van der Waals surface area contributed by atoms with Gasteiger partial charge in [0.05, 0.1) is 0 Å². The third kappa shape index (κ3) is 4.83. The van der Waals surface area contributed by atoms with Gasteiger partial charge in [-0.2, -0.15) is 0 Å². The quantitative estimate of drug-likeness (QED) is 0.776. The van der Waals surface area contributed by atoms with Crippen molar-refractivity contribution in [1.29, 1.82) is 0 Å². The Morgan fingerprint density at radius 3 is 1.71 bits per heavy atom. The van der Waals surface area contributed by atoms with Crippen molar-refractivity contribution >= 4 is 0 Å². The molecule has 1 nitrogen and oxygen atoms in total. The Labute approximate surface area is 105 Å². The molecule has 0 fully saturated rings. The fourth-order valence-electron chi connectivity index (χ4n) is 1.51. The summed E-state index contributed by atoms with van der Waals surface area (Å²) in [7, 11) is 1.50. The Kier molecular flexibility index (Phi) is 8.71. The van der Waals surface area contributed by atoms with Crippen LogP contribution in [0, 0.1) is 6.92 Å². The second-order valence-corrected chi connectivity index (χ2v) is 3.18. The highest BCUT2D eigenvalue weighted by Crippen LogP contribution is 2.21. The Morgan fingerprint density at radius 2 is 1.18 bits per heavy atom. The molecule has 0 unspecified atom stereocenters. The van der Waals surface area contributed by atoms with E-state index in [4.69, 9.17) is 0 Å². The van der Waals surface area contributed by atoms with E-state index in [1.807, 2.05) is 19.9 Å². The molecule has 0 aliphatic rings. The molecule has 0 heterocycles. The molecule has 0 spiro atoms. The van der Waals surface area contributed by atoms with E-state index in [0.29, 0.717) is 0 Å². The second kappa shape index (κ2) is 9.61. The number of rotatable bonds is 1. The number of hydrogen-bond acceptors (Lipinski definition) is 1. The Bertz CT molecular complexity index is 393. The summed E-state index contributed by atoms with van der Waals surface area (Å²) in [5.41, 5.74) is 8.44. The van der Waals surface area contributed by atoms with E-state index < -0.39 is 0 Å². The zero-order valence-corrected chi connectivity index (χ0v) is 11.3. The summed E-state index contributed by atoms with van der Waals surface area (Å²) >= 11 is 0. The van der Waals surface area contributed by atoms with Gasteiger partial charge >= 0.3 is 0 Å². The first-order valence-corrected chi connectivity index (χ1v) is 6.07. The minimum Gasteiger partial charge on any atom is -0.333 e. The first kappa shape index (κ1) is 15.4. The molecule has 0 aromatic heterocycles. The van der Waals surface area contributed by atoms with Crippen molar-refractivity contribution in [2.45, 2.75) is 20.8 Å². The Morgan fingerprint density at radius 1 is 0.706 bits per heavy atom. The standard InChI is InChI=1S/C13H12.C2H6.CH5N/c1-11-7-5-6-10-13(11)12-8-3-2-4-9-12;2*1-2/h2-10H,1H3;1-2H3;2H2,1H3. The van der Waals surface area contributed by atoms with Crippen molar-refractivity contribution in [1.82, 2.24) is 0 Å². The highest BCUT2D eigenvalue weighted by atomic mass is 14.4. The fourth-order valence-corrected chi connectivity index (χ4v) is 1.51. The van der Waals surface area contributed by atoms with Crippen molar-refractivity contribution < 1.29 is 0 Å². The van der Waals surface area contributed by atoms with Crippen LogP contribution in [-0.2, 0) is 0 Å². The summed E-state index contributed by atoms with van der Waals surface area (Å²) in [6.07, 6.45) is 0. The van der Waals surface area contributed by atoms with Crippen LogP contribution < -0.4 is 5.73 Å². The van der Waals surface area contributed by atoms with Gasteiger partial charge in [0, 0.05) is 0 Å². The largest absolute Gasteiger partial charge is 0.333 e. The molecule has 0 aliphatic carbocycles. The zero-order valence-electron chi connectivity index (χ0n) is 11.3. The topological polar surface area (TPSA) is 26.0 Å². The molecule has 0 saturated heterocycles. The average Bonchev–Trinajstić information content (AvgIpc) is 2.45. The van der Waals surface area contributed by atoms with Crippen LogP contribution in [0.3, 0.4) is 0 Å². The molecule has 0 atom stereocenters. The van der Waals surface area contributed by atoms with Gasteiger partial charge in [0.2, 0.25) is 0 Å². The van der Waals surface area contributed by atoms with Crippen LogP contribution in [0.5, 0.6) is 0 Å². The van der Waals surface area contributed by atoms with Crippen LogP contribution in [0.2, 0.25) is 0 Å². The summed E-state index contributed by atoms with van der Waals surface area (Å²) < 4.78 is 0. The van der Waals surface area contributed by atoms with Crippen LogP contribution in [0.1, 0.15) is 19.4 Å². The highest BCUT2D eigenvalue weighted by Gasteiger charge is 1.97. The van der Waals surface area contributed by atoms with Gasteiger partial charge in [-0.25, -0.2) is 0 Å². The van der Waals surface area contributed by atoms with Crippen molar-refractivity contribution in [2.75, 3.05) is 7.05 Å². The molecule has 2 N–H and O–H groups in total. The summed E-state index contributed by atoms with van der Waals surface area (Å²) in [6, 6.07) is 18.9. The maximum absolute atomic E-state index is 4.50. The molecule has 0 amide bonds. The first-order chi connectivity index (χ1) is 8.38. The van der Waals surface area contributed by atoms with E-state index in [1.165, 1.54) is 23.7 Å². The van der Waals surface area contributed by atoms with Gasteiger partial charge in [-0.1, -0.05) is 68.4 Å². The van der Waals surface area contributed by atoms with Gasteiger partial charge in [-0.15, -0.1) is 0 Å². The fraction of sp³-hybridized carbons (Fsp3) is 0.250. The maximum Gasteiger partial charge on any atom is -0.0155 e. The summed E-state index contributed by atoms with van der Waals surface area (Å²) in [5.74, 6) is 0. The lowest BCUT2D eigenvalue weighted by Gasteiger charge is -2.04. The molecule has 0 aliphatic heterocycles. The smallest absolute Gasteiger partial charge is 0.0155 e. The van der Waals surface area contributed by atoms with Gasteiger partial charge in [0.1, 0.15) is 0 Å². The van der Waals surface area contributed by atoms with Crippen molar-refractivity contribution in [3.63, 3.8) is 0 Å². The third-order valence-electron chi connectivity index (χ3n) is 2.23. The van der Waals surface area contributed by atoms with Gasteiger partial charge in [0.25, 0.3) is 0 Å². The SMILES string of the molecule is CC.CN.Cc1ccccc1-c1ccccc1. The Balaban J connectivity index is 0.000000581. The molecule has 0 radical (unpaired) electrons. The number of benzene rings is 2. The van der Waals surface area contributed by atoms with Crippen LogP contribution in [0.25, 0.3) is 11.1 Å². The third-order valence-corrected chi connectivity index (χ3v) is 2.23. The minimum absolute atomic E-state index is 1.29. The lowest BCUT2D eigenvalue weighted by atomic mass is 10.0. The molecule has 1 heteroatoms. The first-order valence-electron chi connectivity index (χ1n) is 6.07. The molecule has 2 rings (SSSR count). The lowest BCUT2D eigenvalue weighted by Crippen LogP contribution is -1.80. The number of hydrogen-bond donors (Lipinski definition) is 1. The van der Waals surface area contributed by atoms with Gasteiger partial charge in [-0.3, -0.25) is 0 Å². The van der Waals surface area contributed by atoms with E-state index >= 15 is 0 Å². The van der Waals surface area contributed by atoms with E-state index in [9.17, 15) is 0 Å². The molecular weight excluding hydrogens is 206 g/mol. The molecule has 17 heavy (non-hydrogen) atoms. The molecule has 0 bridgehead atoms.